The average Bonchev–Trinajstić information content (AvgIpc) is 2.34. The van der Waals surface area contributed by atoms with Crippen molar-refractivity contribution >= 4 is 0 Å². The van der Waals surface area contributed by atoms with Crippen molar-refractivity contribution in [3.8, 4) is 0 Å². The number of benzene rings is 1. The highest BCUT2D eigenvalue weighted by atomic mass is 16.3. The Balaban J connectivity index is 1.96. The molecule has 0 bridgehead atoms. The molecule has 1 rings (SSSR count). The third-order valence-corrected chi connectivity index (χ3v) is 2.72. The fourth-order valence-corrected chi connectivity index (χ4v) is 1.64. The van der Waals surface area contributed by atoms with E-state index in [-0.39, 0.29) is 6.61 Å². The van der Waals surface area contributed by atoms with E-state index >= 15 is 0 Å². The first-order valence-corrected chi connectivity index (χ1v) is 6.18. The summed E-state index contributed by atoms with van der Waals surface area (Å²) in [5.41, 5.74) is 1.42. The highest BCUT2D eigenvalue weighted by Crippen LogP contribution is 2.03. The van der Waals surface area contributed by atoms with Crippen molar-refractivity contribution in [3.63, 3.8) is 0 Å². The summed E-state index contributed by atoms with van der Waals surface area (Å²) < 4.78 is 0. The molecule has 0 aliphatic carbocycles. The molecule has 0 aliphatic heterocycles. The molecule has 90 valence electrons. The summed E-state index contributed by atoms with van der Waals surface area (Å²) in [5, 5.41) is 12.2. The summed E-state index contributed by atoms with van der Waals surface area (Å²) in [7, 11) is 0. The van der Waals surface area contributed by atoms with Crippen molar-refractivity contribution in [1.82, 2.24) is 5.32 Å². The van der Waals surface area contributed by atoms with Gasteiger partial charge < -0.3 is 10.4 Å². The lowest BCUT2D eigenvalue weighted by Gasteiger charge is -2.09. The molecule has 0 saturated heterocycles. The first-order valence-electron chi connectivity index (χ1n) is 6.18. The van der Waals surface area contributed by atoms with E-state index in [2.05, 4.69) is 42.6 Å². The molecule has 0 fully saturated rings. The fourth-order valence-electron chi connectivity index (χ4n) is 1.64. The van der Waals surface area contributed by atoms with Crippen LogP contribution in [-0.2, 0) is 6.42 Å². The van der Waals surface area contributed by atoms with E-state index in [0.29, 0.717) is 5.92 Å². The summed E-state index contributed by atoms with van der Waals surface area (Å²) in [5.74, 6) is 0.370. The van der Waals surface area contributed by atoms with Crippen LogP contribution >= 0.6 is 0 Å². The van der Waals surface area contributed by atoms with Gasteiger partial charge in [0.15, 0.2) is 0 Å². The van der Waals surface area contributed by atoms with E-state index < -0.39 is 0 Å². The molecule has 1 unspecified atom stereocenters. The number of aryl methyl sites for hydroxylation is 1. The Morgan fingerprint density at radius 2 is 1.94 bits per heavy atom. The lowest BCUT2D eigenvalue weighted by molar-refractivity contribution is 0.234. The maximum atomic E-state index is 8.85. The molecule has 0 amide bonds. The molecule has 0 saturated carbocycles. The van der Waals surface area contributed by atoms with Crippen LogP contribution in [0.25, 0.3) is 0 Å². The zero-order valence-electron chi connectivity index (χ0n) is 10.2. The summed E-state index contributed by atoms with van der Waals surface area (Å²) in [6.45, 7) is 4.30. The van der Waals surface area contributed by atoms with Crippen LogP contribution in [0.3, 0.4) is 0 Å². The van der Waals surface area contributed by atoms with Gasteiger partial charge in [-0.2, -0.15) is 0 Å². The predicted molar refractivity (Wildman–Crippen MR) is 68.5 cm³/mol. The van der Waals surface area contributed by atoms with E-state index in [0.717, 1.165) is 19.5 Å². The molecular weight excluding hydrogens is 198 g/mol. The zero-order chi connectivity index (χ0) is 11.6. The van der Waals surface area contributed by atoms with Gasteiger partial charge in [0.25, 0.3) is 0 Å². The van der Waals surface area contributed by atoms with Gasteiger partial charge in [0.05, 0.1) is 0 Å². The Bertz CT molecular complexity index is 261. The minimum absolute atomic E-state index is 0.275. The van der Waals surface area contributed by atoms with Gasteiger partial charge >= 0.3 is 0 Å². The van der Waals surface area contributed by atoms with Crippen LogP contribution in [0.5, 0.6) is 0 Å². The second kappa shape index (κ2) is 8.31. The van der Waals surface area contributed by atoms with Crippen LogP contribution in [0.4, 0.5) is 0 Å². The van der Waals surface area contributed by atoms with E-state index in [1.54, 1.807) is 0 Å². The predicted octanol–water partition coefficient (Wildman–Crippen LogP) is 2.23. The summed E-state index contributed by atoms with van der Waals surface area (Å²) in [4.78, 5) is 0. The molecule has 0 radical (unpaired) electrons. The number of nitrogens with one attached hydrogen (secondary N) is 1. The Hall–Kier alpha value is -0.860. The Morgan fingerprint density at radius 3 is 2.62 bits per heavy atom. The molecular formula is C14H23NO. The number of rotatable bonds is 8. The maximum absolute atomic E-state index is 8.85. The first-order chi connectivity index (χ1) is 7.83. The van der Waals surface area contributed by atoms with E-state index in [1.807, 2.05) is 0 Å². The fraction of sp³-hybridized carbons (Fsp3) is 0.571. The van der Waals surface area contributed by atoms with Gasteiger partial charge in [0.2, 0.25) is 0 Å². The first kappa shape index (κ1) is 13.2. The maximum Gasteiger partial charge on any atom is 0.0468 e. The molecule has 2 N–H and O–H groups in total. The second-order valence-corrected chi connectivity index (χ2v) is 4.43. The molecule has 1 atom stereocenters. The van der Waals surface area contributed by atoms with Crippen LogP contribution in [0, 0.1) is 5.92 Å². The van der Waals surface area contributed by atoms with Crippen LogP contribution in [0.2, 0.25) is 0 Å². The van der Waals surface area contributed by atoms with Gasteiger partial charge in [-0.05, 0) is 43.8 Å². The highest BCUT2D eigenvalue weighted by molar-refractivity contribution is 5.14. The second-order valence-electron chi connectivity index (χ2n) is 4.43. The zero-order valence-corrected chi connectivity index (χ0v) is 10.2. The summed E-state index contributed by atoms with van der Waals surface area (Å²) in [6.07, 6.45) is 3.59. The van der Waals surface area contributed by atoms with Crippen LogP contribution in [0.1, 0.15) is 25.3 Å². The molecule has 0 heterocycles. The number of hydrogen-bond acceptors (Lipinski definition) is 2. The molecule has 1 aromatic carbocycles. The van der Waals surface area contributed by atoms with Gasteiger partial charge in [-0.3, -0.25) is 0 Å². The molecule has 16 heavy (non-hydrogen) atoms. The Kier molecular flexibility index (Phi) is 6.86. The van der Waals surface area contributed by atoms with Crippen LogP contribution in [-0.4, -0.2) is 24.8 Å². The number of aliphatic hydroxyl groups is 1. The van der Waals surface area contributed by atoms with Gasteiger partial charge in [-0.15, -0.1) is 0 Å². The average molecular weight is 221 g/mol. The molecule has 2 heteroatoms. The molecule has 1 aromatic rings. The quantitative estimate of drug-likeness (QED) is 0.660. The standard InChI is InChI=1S/C14H23NO/c1-13(12-16)11-15-10-6-5-9-14-7-3-2-4-8-14/h2-4,7-8,13,15-16H,5-6,9-12H2,1H3. The smallest absolute Gasteiger partial charge is 0.0468 e. The summed E-state index contributed by atoms with van der Waals surface area (Å²) in [6, 6.07) is 10.6. The van der Waals surface area contributed by atoms with Crippen molar-refractivity contribution in [3.05, 3.63) is 35.9 Å². The lowest BCUT2D eigenvalue weighted by atomic mass is 10.1. The Labute approximate surface area is 98.7 Å². The number of hydrogen-bond donors (Lipinski definition) is 2. The van der Waals surface area contributed by atoms with Gasteiger partial charge in [0.1, 0.15) is 0 Å². The monoisotopic (exact) mass is 221 g/mol. The van der Waals surface area contributed by atoms with E-state index in [1.165, 1.54) is 18.4 Å². The topological polar surface area (TPSA) is 32.3 Å². The van der Waals surface area contributed by atoms with Gasteiger partial charge in [-0.25, -0.2) is 0 Å². The minimum Gasteiger partial charge on any atom is -0.396 e. The third kappa shape index (κ3) is 5.89. The van der Waals surface area contributed by atoms with E-state index in [4.69, 9.17) is 5.11 Å². The molecule has 0 aromatic heterocycles. The van der Waals surface area contributed by atoms with Crippen molar-refractivity contribution in [2.24, 2.45) is 5.92 Å². The molecule has 0 aliphatic rings. The van der Waals surface area contributed by atoms with Crippen LogP contribution < -0.4 is 5.32 Å². The van der Waals surface area contributed by atoms with E-state index in [9.17, 15) is 0 Å². The van der Waals surface area contributed by atoms with Crippen molar-refractivity contribution in [1.29, 1.82) is 0 Å². The highest BCUT2D eigenvalue weighted by Gasteiger charge is 1.98. The van der Waals surface area contributed by atoms with Gasteiger partial charge in [0, 0.05) is 6.61 Å². The normalized spacial score (nSPS) is 12.6. The number of aliphatic hydroxyl groups excluding tert-OH is 1. The molecule has 2 nitrogen and oxygen atoms in total. The minimum atomic E-state index is 0.275. The van der Waals surface area contributed by atoms with Gasteiger partial charge in [-0.1, -0.05) is 37.3 Å². The van der Waals surface area contributed by atoms with Crippen molar-refractivity contribution in [2.75, 3.05) is 19.7 Å². The lowest BCUT2D eigenvalue weighted by Crippen LogP contribution is -2.24. The van der Waals surface area contributed by atoms with Crippen molar-refractivity contribution < 1.29 is 5.11 Å². The van der Waals surface area contributed by atoms with Crippen molar-refractivity contribution in [2.45, 2.75) is 26.2 Å². The SMILES string of the molecule is CC(CO)CNCCCCc1ccccc1. The largest absolute Gasteiger partial charge is 0.396 e. The number of unbranched alkanes of at least 4 members (excludes halogenated alkanes) is 1. The Morgan fingerprint density at radius 1 is 1.19 bits per heavy atom. The molecule has 0 spiro atoms. The van der Waals surface area contributed by atoms with Crippen LogP contribution in [0.15, 0.2) is 30.3 Å². The third-order valence-electron chi connectivity index (χ3n) is 2.72. The summed E-state index contributed by atoms with van der Waals surface area (Å²) >= 11 is 0.